The Morgan fingerprint density at radius 2 is 2.21 bits per heavy atom. The quantitative estimate of drug-likeness (QED) is 0.776. The summed E-state index contributed by atoms with van der Waals surface area (Å²) in [7, 11) is 2.06. The molecule has 19 heavy (non-hydrogen) atoms. The molecule has 1 aromatic heterocycles. The first-order valence-corrected chi connectivity index (χ1v) is 6.94. The fourth-order valence-corrected chi connectivity index (χ4v) is 2.19. The third-order valence-electron chi connectivity index (χ3n) is 3.65. The van der Waals surface area contributed by atoms with Gasteiger partial charge in [-0.25, -0.2) is 4.98 Å². The molecule has 2 rings (SSSR count). The summed E-state index contributed by atoms with van der Waals surface area (Å²) in [6, 6.07) is 6.54. The van der Waals surface area contributed by atoms with Crippen LogP contribution in [0.5, 0.6) is 0 Å². The largest absolute Gasteiger partial charge is 0.331 e. The smallest absolute Gasteiger partial charge is 0.106 e. The van der Waals surface area contributed by atoms with Crippen molar-refractivity contribution in [3.8, 4) is 0 Å². The lowest BCUT2D eigenvalue weighted by Gasteiger charge is -2.09. The molecular formula is C15H24N4. The van der Waals surface area contributed by atoms with E-state index < -0.39 is 0 Å². The van der Waals surface area contributed by atoms with Gasteiger partial charge in [0.2, 0.25) is 0 Å². The Morgan fingerprint density at radius 1 is 1.42 bits per heavy atom. The van der Waals surface area contributed by atoms with Crippen LogP contribution in [-0.2, 0) is 13.5 Å². The minimum atomic E-state index is 0.543. The van der Waals surface area contributed by atoms with E-state index in [1.54, 1.807) is 0 Å². The van der Waals surface area contributed by atoms with Crippen molar-refractivity contribution in [2.75, 3.05) is 19.6 Å². The molecule has 4 heteroatoms. The SMILES string of the molecule is Cc1nc2cc(CCNCC(C)CN)ccc2n1C. The van der Waals surface area contributed by atoms with Crippen molar-refractivity contribution in [2.45, 2.75) is 20.3 Å². The van der Waals surface area contributed by atoms with Gasteiger partial charge in [-0.1, -0.05) is 13.0 Å². The highest BCUT2D eigenvalue weighted by Crippen LogP contribution is 2.16. The van der Waals surface area contributed by atoms with Crippen molar-refractivity contribution in [1.29, 1.82) is 0 Å². The number of hydrogen-bond donors (Lipinski definition) is 2. The van der Waals surface area contributed by atoms with Gasteiger partial charge in [-0.15, -0.1) is 0 Å². The number of nitrogens with zero attached hydrogens (tertiary/aromatic N) is 2. The summed E-state index contributed by atoms with van der Waals surface area (Å²) < 4.78 is 2.13. The summed E-state index contributed by atoms with van der Waals surface area (Å²) in [5.41, 5.74) is 9.22. The number of nitrogens with one attached hydrogen (secondary N) is 1. The van der Waals surface area contributed by atoms with E-state index in [-0.39, 0.29) is 0 Å². The highest BCUT2D eigenvalue weighted by Gasteiger charge is 2.04. The van der Waals surface area contributed by atoms with Crippen molar-refractivity contribution in [1.82, 2.24) is 14.9 Å². The summed E-state index contributed by atoms with van der Waals surface area (Å²) in [5.74, 6) is 1.60. The molecule has 0 aliphatic rings. The molecule has 0 fully saturated rings. The Hall–Kier alpha value is -1.39. The summed E-state index contributed by atoms with van der Waals surface area (Å²) >= 11 is 0. The number of imidazole rings is 1. The summed E-state index contributed by atoms with van der Waals surface area (Å²) in [6.07, 6.45) is 1.03. The molecule has 0 amide bonds. The van der Waals surface area contributed by atoms with Crippen LogP contribution >= 0.6 is 0 Å². The van der Waals surface area contributed by atoms with Gasteiger partial charge in [0.25, 0.3) is 0 Å². The van der Waals surface area contributed by atoms with Crippen LogP contribution in [0, 0.1) is 12.8 Å². The number of aromatic nitrogens is 2. The first kappa shape index (κ1) is 14.0. The second-order valence-electron chi connectivity index (χ2n) is 5.34. The number of nitrogens with two attached hydrogens (primary N) is 1. The predicted molar refractivity (Wildman–Crippen MR) is 80.2 cm³/mol. The first-order valence-electron chi connectivity index (χ1n) is 6.94. The van der Waals surface area contributed by atoms with E-state index in [1.807, 2.05) is 6.92 Å². The van der Waals surface area contributed by atoms with E-state index in [4.69, 9.17) is 5.73 Å². The second-order valence-corrected chi connectivity index (χ2v) is 5.34. The van der Waals surface area contributed by atoms with Gasteiger partial charge in [0.05, 0.1) is 11.0 Å². The van der Waals surface area contributed by atoms with Crippen LogP contribution < -0.4 is 11.1 Å². The molecule has 104 valence electrons. The first-order chi connectivity index (χ1) is 9.11. The molecule has 4 nitrogen and oxygen atoms in total. The Kier molecular flexibility index (Phi) is 4.56. The molecule has 0 radical (unpaired) electrons. The monoisotopic (exact) mass is 260 g/mol. The number of benzene rings is 1. The van der Waals surface area contributed by atoms with Crippen LogP contribution in [0.3, 0.4) is 0 Å². The Morgan fingerprint density at radius 3 is 2.95 bits per heavy atom. The van der Waals surface area contributed by atoms with Crippen molar-refractivity contribution in [2.24, 2.45) is 18.7 Å². The molecule has 0 aliphatic heterocycles. The topological polar surface area (TPSA) is 55.9 Å². The van der Waals surface area contributed by atoms with Gasteiger partial charge in [0.1, 0.15) is 5.82 Å². The fraction of sp³-hybridized carbons (Fsp3) is 0.533. The van der Waals surface area contributed by atoms with Gasteiger partial charge in [-0.3, -0.25) is 0 Å². The van der Waals surface area contributed by atoms with E-state index in [1.165, 1.54) is 11.1 Å². The molecule has 1 unspecified atom stereocenters. The Labute approximate surface area is 115 Å². The van der Waals surface area contributed by atoms with E-state index in [9.17, 15) is 0 Å². The minimum Gasteiger partial charge on any atom is -0.331 e. The van der Waals surface area contributed by atoms with Gasteiger partial charge >= 0.3 is 0 Å². The van der Waals surface area contributed by atoms with Crippen LogP contribution in [0.1, 0.15) is 18.3 Å². The standard InChI is InChI=1S/C15H24N4/c1-11(9-16)10-17-7-6-13-4-5-15-14(8-13)18-12(2)19(15)3/h4-5,8,11,17H,6-7,9-10,16H2,1-3H3. The highest BCUT2D eigenvalue weighted by atomic mass is 15.0. The summed E-state index contributed by atoms with van der Waals surface area (Å²) in [5, 5.41) is 3.44. The van der Waals surface area contributed by atoms with Gasteiger partial charge in [-0.2, -0.15) is 0 Å². The van der Waals surface area contributed by atoms with Crippen molar-refractivity contribution in [3.63, 3.8) is 0 Å². The fourth-order valence-electron chi connectivity index (χ4n) is 2.19. The molecule has 0 aliphatic carbocycles. The molecular weight excluding hydrogens is 236 g/mol. The summed E-state index contributed by atoms with van der Waals surface area (Å²) in [4.78, 5) is 4.57. The molecule has 0 saturated heterocycles. The zero-order valence-corrected chi connectivity index (χ0v) is 12.1. The molecule has 0 bridgehead atoms. The van der Waals surface area contributed by atoms with Crippen molar-refractivity contribution >= 4 is 11.0 Å². The normalized spacial score (nSPS) is 13.1. The molecule has 1 aromatic carbocycles. The lowest BCUT2D eigenvalue weighted by Crippen LogP contribution is -2.27. The van der Waals surface area contributed by atoms with Gasteiger partial charge < -0.3 is 15.6 Å². The highest BCUT2D eigenvalue weighted by molar-refractivity contribution is 5.76. The lowest BCUT2D eigenvalue weighted by atomic mass is 10.1. The zero-order chi connectivity index (χ0) is 13.8. The van der Waals surface area contributed by atoms with Crippen molar-refractivity contribution in [3.05, 3.63) is 29.6 Å². The van der Waals surface area contributed by atoms with Gasteiger partial charge in [0, 0.05) is 7.05 Å². The minimum absolute atomic E-state index is 0.543. The molecule has 1 atom stereocenters. The van der Waals surface area contributed by atoms with E-state index in [0.717, 1.165) is 37.4 Å². The lowest BCUT2D eigenvalue weighted by molar-refractivity contribution is 0.524. The van der Waals surface area contributed by atoms with Crippen LogP contribution in [-0.4, -0.2) is 29.2 Å². The predicted octanol–water partition coefficient (Wildman–Crippen LogP) is 1.61. The van der Waals surface area contributed by atoms with E-state index in [2.05, 4.69) is 47.0 Å². The van der Waals surface area contributed by atoms with E-state index in [0.29, 0.717) is 5.92 Å². The van der Waals surface area contributed by atoms with Crippen LogP contribution in [0.15, 0.2) is 18.2 Å². The Balaban J connectivity index is 1.94. The third kappa shape index (κ3) is 3.33. The maximum atomic E-state index is 5.59. The maximum absolute atomic E-state index is 5.59. The number of hydrogen-bond acceptors (Lipinski definition) is 3. The third-order valence-corrected chi connectivity index (χ3v) is 3.65. The molecule has 1 heterocycles. The second kappa shape index (κ2) is 6.17. The van der Waals surface area contributed by atoms with Gasteiger partial charge in [-0.05, 0) is 56.6 Å². The van der Waals surface area contributed by atoms with Gasteiger partial charge in [0.15, 0.2) is 0 Å². The summed E-state index contributed by atoms with van der Waals surface area (Å²) in [6.45, 7) is 6.92. The molecule has 0 saturated carbocycles. The molecule has 3 N–H and O–H groups in total. The van der Waals surface area contributed by atoms with Crippen LogP contribution in [0.25, 0.3) is 11.0 Å². The number of rotatable bonds is 6. The molecule has 2 aromatic rings. The average Bonchev–Trinajstić information content (AvgIpc) is 2.69. The van der Waals surface area contributed by atoms with E-state index >= 15 is 0 Å². The average molecular weight is 260 g/mol. The van der Waals surface area contributed by atoms with Crippen molar-refractivity contribution < 1.29 is 0 Å². The number of aryl methyl sites for hydroxylation is 2. The zero-order valence-electron chi connectivity index (χ0n) is 12.1. The van der Waals surface area contributed by atoms with Crippen LogP contribution in [0.4, 0.5) is 0 Å². The maximum Gasteiger partial charge on any atom is 0.106 e. The molecule has 0 spiro atoms. The van der Waals surface area contributed by atoms with Crippen LogP contribution in [0.2, 0.25) is 0 Å². The number of fused-ring (bicyclic) bond motifs is 1. The Bertz CT molecular complexity index is 544.